The number of para-hydroxylation sites is 2. The maximum Gasteiger partial charge on any atom is 0.302 e. The number of aryl methyl sites for hydroxylation is 2. The van der Waals surface area contributed by atoms with E-state index >= 15 is 0 Å². The molecule has 5 nitrogen and oxygen atoms in total. The van der Waals surface area contributed by atoms with Crippen LogP contribution in [0, 0.1) is 25.2 Å². The summed E-state index contributed by atoms with van der Waals surface area (Å²) < 4.78 is 9.81. The van der Waals surface area contributed by atoms with Crippen LogP contribution in [0.15, 0.2) is 72.8 Å². The number of rotatable bonds is 8. The lowest BCUT2D eigenvalue weighted by Gasteiger charge is -2.22. The molecule has 1 saturated carbocycles. The first-order valence-electron chi connectivity index (χ1n) is 12.4. The van der Waals surface area contributed by atoms with Crippen LogP contribution in [0.4, 0.5) is 0 Å². The van der Waals surface area contributed by atoms with E-state index in [4.69, 9.17) is 4.74 Å². The van der Waals surface area contributed by atoms with Gasteiger partial charge in [-0.1, -0.05) is 71.8 Å². The van der Waals surface area contributed by atoms with E-state index in [1.165, 1.54) is 36.5 Å². The van der Waals surface area contributed by atoms with Gasteiger partial charge in [0, 0.05) is 6.92 Å². The molecule has 1 aliphatic rings. The van der Waals surface area contributed by atoms with Gasteiger partial charge in [0.1, 0.15) is 6.61 Å². The Morgan fingerprint density at radius 3 is 2.06 bits per heavy atom. The molecule has 0 aliphatic heterocycles. The minimum atomic E-state index is -0.301. The molecule has 1 N–H and O–H groups in total. The lowest BCUT2D eigenvalue weighted by Crippen LogP contribution is -2.34. The highest BCUT2D eigenvalue weighted by atomic mass is 16.5. The van der Waals surface area contributed by atoms with Crippen molar-refractivity contribution in [3.63, 3.8) is 0 Å². The summed E-state index contributed by atoms with van der Waals surface area (Å²) in [6, 6.07) is 25.4. The molecule has 1 heterocycles. The highest BCUT2D eigenvalue weighted by Crippen LogP contribution is 2.44. The van der Waals surface area contributed by atoms with E-state index in [1.54, 1.807) is 0 Å². The van der Waals surface area contributed by atoms with Gasteiger partial charge < -0.3 is 13.9 Å². The summed E-state index contributed by atoms with van der Waals surface area (Å²) in [5.41, 5.74) is 7.35. The summed E-state index contributed by atoms with van der Waals surface area (Å²) in [4.78, 5) is 11.8. The second-order valence-corrected chi connectivity index (χ2v) is 9.89. The Hall–Kier alpha value is -3.60. The van der Waals surface area contributed by atoms with E-state index in [2.05, 4.69) is 83.6 Å². The van der Waals surface area contributed by atoms with Crippen molar-refractivity contribution in [1.29, 1.82) is 5.41 Å². The van der Waals surface area contributed by atoms with E-state index < -0.39 is 0 Å². The number of benzene rings is 3. The number of hydrogen-bond donors (Lipinski definition) is 1. The van der Waals surface area contributed by atoms with Gasteiger partial charge in [-0.25, -0.2) is 0 Å². The molecule has 2 atom stereocenters. The predicted octanol–water partition coefficient (Wildman–Crippen LogP) is 5.89. The number of carbonyl (C=O) groups excluding carboxylic acids is 1. The van der Waals surface area contributed by atoms with Crippen molar-refractivity contribution in [2.75, 3.05) is 6.61 Å². The fraction of sp³-hybridized carbons (Fsp3) is 0.333. The molecule has 1 fully saturated rings. The molecule has 0 amide bonds. The van der Waals surface area contributed by atoms with Crippen LogP contribution >= 0.6 is 0 Å². The molecule has 0 saturated heterocycles. The zero-order chi connectivity index (χ0) is 24.5. The lowest BCUT2D eigenvalue weighted by molar-refractivity contribution is -0.142. The number of hydrogen-bond acceptors (Lipinski definition) is 3. The summed E-state index contributed by atoms with van der Waals surface area (Å²) in [5.74, 6) is 0.223. The molecular weight excluding hydrogens is 434 g/mol. The predicted molar refractivity (Wildman–Crippen MR) is 138 cm³/mol. The van der Waals surface area contributed by atoms with E-state index in [1.807, 2.05) is 12.1 Å². The molecule has 2 unspecified atom stereocenters. The zero-order valence-electron chi connectivity index (χ0n) is 20.7. The quantitative estimate of drug-likeness (QED) is 0.329. The summed E-state index contributed by atoms with van der Waals surface area (Å²) >= 11 is 0. The first-order chi connectivity index (χ1) is 16.9. The highest BCUT2D eigenvalue weighted by Gasteiger charge is 2.36. The molecule has 3 aromatic carbocycles. The van der Waals surface area contributed by atoms with Crippen LogP contribution < -0.4 is 5.62 Å². The number of ether oxygens (including phenoxy) is 1. The number of aromatic nitrogens is 2. The topological polar surface area (TPSA) is 60.0 Å². The number of carbonyl (C=O) groups is 1. The van der Waals surface area contributed by atoms with E-state index in [9.17, 15) is 10.2 Å². The van der Waals surface area contributed by atoms with Crippen molar-refractivity contribution < 1.29 is 9.53 Å². The fourth-order valence-electron chi connectivity index (χ4n) is 5.11. The van der Waals surface area contributed by atoms with Gasteiger partial charge in [-0.3, -0.25) is 10.2 Å². The summed E-state index contributed by atoms with van der Waals surface area (Å²) in [6.45, 7) is 5.86. The van der Waals surface area contributed by atoms with Gasteiger partial charge in [0.15, 0.2) is 0 Å². The fourth-order valence-corrected chi connectivity index (χ4v) is 5.11. The first kappa shape index (κ1) is 23.2. The molecular formula is C30H33N3O2. The van der Waals surface area contributed by atoms with Crippen molar-refractivity contribution in [2.24, 2.45) is 5.92 Å². The Kier molecular flexibility index (Phi) is 6.33. The summed E-state index contributed by atoms with van der Waals surface area (Å²) in [7, 11) is 0. The number of nitrogens with zero attached hydrogens (tertiary/aromatic N) is 2. The average Bonchev–Trinajstić information content (AvgIpc) is 3.64. The monoisotopic (exact) mass is 467 g/mol. The van der Waals surface area contributed by atoms with Gasteiger partial charge in [-0.15, -0.1) is 0 Å². The van der Waals surface area contributed by atoms with Gasteiger partial charge in [0.25, 0.3) is 0 Å². The van der Waals surface area contributed by atoms with Crippen LogP contribution in [-0.2, 0) is 16.0 Å². The van der Waals surface area contributed by atoms with Crippen LogP contribution in [0.2, 0.25) is 0 Å². The molecule has 5 rings (SSSR count). The molecule has 0 bridgehead atoms. The largest absolute Gasteiger partial charge is 0.464 e. The zero-order valence-corrected chi connectivity index (χ0v) is 20.7. The van der Waals surface area contributed by atoms with Crippen LogP contribution in [0.25, 0.3) is 11.0 Å². The standard InChI is InChI=1S/C30H33N3O2/c1-20-8-12-23(13-9-20)18-26(19-35-22(3)34)32-27-6-4-5-7-28(27)33(30(32)31)29(25-16-17-25)24-14-10-21(2)11-15-24/h4-15,25-26,29,31H,16-19H2,1-3H3. The van der Waals surface area contributed by atoms with E-state index in [0.717, 1.165) is 16.6 Å². The van der Waals surface area contributed by atoms with Gasteiger partial charge in [-0.2, -0.15) is 0 Å². The van der Waals surface area contributed by atoms with Crippen molar-refractivity contribution in [3.8, 4) is 0 Å². The second kappa shape index (κ2) is 9.57. The second-order valence-electron chi connectivity index (χ2n) is 9.89. The summed E-state index contributed by atoms with van der Waals surface area (Å²) in [5, 5.41) is 9.42. The van der Waals surface area contributed by atoms with Gasteiger partial charge in [-0.05, 0) is 62.3 Å². The van der Waals surface area contributed by atoms with Crippen molar-refractivity contribution in [2.45, 2.75) is 52.1 Å². The SMILES string of the molecule is CC(=O)OCC(Cc1ccc(C)cc1)n1c(=N)n(C(c2ccc(C)cc2)C2CC2)c2ccccc21. The molecule has 180 valence electrons. The lowest BCUT2D eigenvalue weighted by atomic mass is 10.0. The van der Waals surface area contributed by atoms with Crippen molar-refractivity contribution in [3.05, 3.63) is 101 Å². The first-order valence-corrected chi connectivity index (χ1v) is 12.4. The molecule has 4 aromatic rings. The van der Waals surface area contributed by atoms with Gasteiger partial charge >= 0.3 is 5.97 Å². The van der Waals surface area contributed by atoms with Gasteiger partial charge in [0.05, 0.1) is 23.1 Å². The highest BCUT2D eigenvalue weighted by molar-refractivity contribution is 5.76. The third-order valence-electron chi connectivity index (χ3n) is 7.06. The van der Waals surface area contributed by atoms with Crippen molar-refractivity contribution >= 4 is 17.0 Å². The minimum Gasteiger partial charge on any atom is -0.464 e. The molecule has 0 radical (unpaired) electrons. The van der Waals surface area contributed by atoms with Gasteiger partial charge in [0.2, 0.25) is 5.62 Å². The maximum atomic E-state index is 11.8. The van der Waals surface area contributed by atoms with E-state index in [0.29, 0.717) is 18.0 Å². The number of esters is 1. The van der Waals surface area contributed by atoms with Crippen LogP contribution in [0.1, 0.15) is 54.1 Å². The average molecular weight is 468 g/mol. The Morgan fingerprint density at radius 2 is 1.49 bits per heavy atom. The Balaban J connectivity index is 1.65. The third-order valence-corrected chi connectivity index (χ3v) is 7.06. The molecule has 1 aliphatic carbocycles. The van der Waals surface area contributed by atoms with Crippen LogP contribution in [0.5, 0.6) is 0 Å². The Labute approximate surface area is 206 Å². The molecule has 5 heteroatoms. The third kappa shape index (κ3) is 4.81. The van der Waals surface area contributed by atoms with Crippen LogP contribution in [0.3, 0.4) is 0 Å². The molecule has 1 aromatic heterocycles. The number of fused-ring (bicyclic) bond motifs is 1. The normalized spacial score (nSPS) is 15.2. The van der Waals surface area contributed by atoms with Crippen molar-refractivity contribution in [1.82, 2.24) is 9.13 Å². The molecule has 35 heavy (non-hydrogen) atoms. The smallest absolute Gasteiger partial charge is 0.302 e. The van der Waals surface area contributed by atoms with Crippen LogP contribution in [-0.4, -0.2) is 21.7 Å². The number of imidazole rings is 1. The maximum absolute atomic E-state index is 11.8. The Morgan fingerprint density at radius 1 is 0.914 bits per heavy atom. The van der Waals surface area contributed by atoms with E-state index in [-0.39, 0.29) is 24.7 Å². The minimum absolute atomic E-state index is 0.114. The Bertz CT molecular complexity index is 1390. The molecule has 0 spiro atoms. The summed E-state index contributed by atoms with van der Waals surface area (Å²) in [6.07, 6.45) is 3.02. The number of nitrogens with one attached hydrogen (secondary N) is 1.